The minimum Gasteiger partial charge on any atom is -0.338 e. The van der Waals surface area contributed by atoms with Crippen molar-refractivity contribution >= 4 is 28.3 Å². The number of anilines is 1. The molecule has 1 aliphatic heterocycles. The Hall–Kier alpha value is -3.13. The standard InChI is InChI=1S/C21H19FN4O2S/c22-17-8-6-15(7-9-17)12-26-13-16(11-19(26)27)20(28)23-21-25-24-18(29-21)10-14-4-2-1-3-5-14/h1-9,16H,10-13H2,(H,23,25,28). The summed E-state index contributed by atoms with van der Waals surface area (Å²) in [5, 5.41) is 12.2. The Morgan fingerprint density at radius 1 is 1.10 bits per heavy atom. The third-order valence-electron chi connectivity index (χ3n) is 4.77. The number of nitrogens with zero attached hydrogens (tertiary/aromatic N) is 3. The van der Waals surface area contributed by atoms with Gasteiger partial charge in [0.25, 0.3) is 0 Å². The van der Waals surface area contributed by atoms with E-state index in [1.807, 2.05) is 30.3 Å². The van der Waals surface area contributed by atoms with Crippen LogP contribution in [0.5, 0.6) is 0 Å². The molecule has 1 unspecified atom stereocenters. The van der Waals surface area contributed by atoms with Crippen LogP contribution in [0.25, 0.3) is 0 Å². The topological polar surface area (TPSA) is 75.2 Å². The first kappa shape index (κ1) is 19.2. The monoisotopic (exact) mass is 410 g/mol. The smallest absolute Gasteiger partial charge is 0.231 e. The van der Waals surface area contributed by atoms with E-state index in [9.17, 15) is 14.0 Å². The molecule has 1 atom stereocenters. The Morgan fingerprint density at radius 3 is 2.62 bits per heavy atom. The number of halogens is 1. The highest BCUT2D eigenvalue weighted by Crippen LogP contribution is 2.24. The molecule has 148 valence electrons. The predicted octanol–water partition coefficient (Wildman–Crippen LogP) is 3.26. The molecule has 1 N–H and O–H groups in total. The first-order valence-electron chi connectivity index (χ1n) is 9.26. The van der Waals surface area contributed by atoms with E-state index in [0.717, 1.165) is 16.1 Å². The van der Waals surface area contributed by atoms with Crippen LogP contribution in [0.4, 0.5) is 9.52 Å². The zero-order valence-corrected chi connectivity index (χ0v) is 16.4. The number of nitrogens with one attached hydrogen (secondary N) is 1. The van der Waals surface area contributed by atoms with Crippen LogP contribution in [-0.4, -0.2) is 33.5 Å². The van der Waals surface area contributed by atoms with Crippen LogP contribution < -0.4 is 5.32 Å². The average Bonchev–Trinajstić information content (AvgIpc) is 3.31. The van der Waals surface area contributed by atoms with Gasteiger partial charge in [-0.05, 0) is 23.3 Å². The van der Waals surface area contributed by atoms with Crippen LogP contribution in [0.2, 0.25) is 0 Å². The number of hydrogen-bond acceptors (Lipinski definition) is 5. The van der Waals surface area contributed by atoms with E-state index < -0.39 is 5.92 Å². The predicted molar refractivity (Wildman–Crippen MR) is 108 cm³/mol. The fourth-order valence-corrected chi connectivity index (χ4v) is 4.04. The van der Waals surface area contributed by atoms with E-state index >= 15 is 0 Å². The van der Waals surface area contributed by atoms with Crippen molar-refractivity contribution in [2.45, 2.75) is 19.4 Å². The summed E-state index contributed by atoms with van der Waals surface area (Å²) in [6.45, 7) is 0.695. The summed E-state index contributed by atoms with van der Waals surface area (Å²) in [4.78, 5) is 26.5. The fourth-order valence-electron chi connectivity index (χ4n) is 3.26. The Balaban J connectivity index is 1.33. The third kappa shape index (κ3) is 4.83. The molecule has 0 saturated carbocycles. The van der Waals surface area contributed by atoms with Gasteiger partial charge in [-0.25, -0.2) is 4.39 Å². The summed E-state index contributed by atoms with van der Waals surface area (Å²) in [6.07, 6.45) is 0.810. The lowest BCUT2D eigenvalue weighted by Crippen LogP contribution is -2.28. The Kier molecular flexibility index (Phi) is 5.62. The quantitative estimate of drug-likeness (QED) is 0.677. The zero-order valence-electron chi connectivity index (χ0n) is 15.5. The highest BCUT2D eigenvalue weighted by Gasteiger charge is 2.34. The minimum atomic E-state index is -0.440. The normalized spacial score (nSPS) is 16.2. The van der Waals surface area contributed by atoms with Crippen molar-refractivity contribution in [1.82, 2.24) is 15.1 Å². The second-order valence-corrected chi connectivity index (χ2v) is 8.02. The number of likely N-dealkylation sites (tertiary alicyclic amines) is 1. The molecule has 1 aromatic heterocycles. The first-order valence-corrected chi connectivity index (χ1v) is 10.1. The molecule has 3 aromatic rings. The van der Waals surface area contributed by atoms with Crippen molar-refractivity contribution in [3.05, 3.63) is 76.5 Å². The maximum absolute atomic E-state index is 13.0. The van der Waals surface area contributed by atoms with Gasteiger partial charge in [-0.3, -0.25) is 9.59 Å². The number of hydrogen-bond donors (Lipinski definition) is 1. The van der Waals surface area contributed by atoms with Gasteiger partial charge < -0.3 is 10.2 Å². The summed E-state index contributed by atoms with van der Waals surface area (Å²) in [5.41, 5.74) is 1.95. The molecular weight excluding hydrogens is 391 g/mol. The molecule has 0 spiro atoms. The molecule has 0 radical (unpaired) electrons. The van der Waals surface area contributed by atoms with E-state index in [4.69, 9.17) is 0 Å². The van der Waals surface area contributed by atoms with E-state index in [0.29, 0.717) is 24.6 Å². The molecule has 6 nitrogen and oxygen atoms in total. The third-order valence-corrected chi connectivity index (χ3v) is 5.61. The molecule has 4 rings (SSSR count). The van der Waals surface area contributed by atoms with Gasteiger partial charge in [-0.15, -0.1) is 10.2 Å². The second kappa shape index (κ2) is 8.48. The van der Waals surface area contributed by atoms with Crippen molar-refractivity contribution in [1.29, 1.82) is 0 Å². The van der Waals surface area contributed by atoms with Crippen molar-refractivity contribution < 1.29 is 14.0 Å². The van der Waals surface area contributed by atoms with Crippen LogP contribution in [0.1, 0.15) is 22.6 Å². The molecule has 1 saturated heterocycles. The summed E-state index contributed by atoms with van der Waals surface area (Å²) in [5.74, 6) is -1.08. The maximum Gasteiger partial charge on any atom is 0.231 e. The largest absolute Gasteiger partial charge is 0.338 e. The summed E-state index contributed by atoms with van der Waals surface area (Å²) < 4.78 is 13.0. The average molecular weight is 410 g/mol. The molecule has 2 amide bonds. The van der Waals surface area contributed by atoms with Gasteiger partial charge in [0.05, 0.1) is 5.92 Å². The maximum atomic E-state index is 13.0. The van der Waals surface area contributed by atoms with Gasteiger partial charge in [0, 0.05) is 25.9 Å². The molecule has 0 aliphatic carbocycles. The molecule has 2 aromatic carbocycles. The van der Waals surface area contributed by atoms with Gasteiger partial charge in [0.2, 0.25) is 16.9 Å². The number of benzene rings is 2. The van der Waals surface area contributed by atoms with E-state index in [2.05, 4.69) is 15.5 Å². The number of aromatic nitrogens is 2. The Labute approximate surface area is 171 Å². The van der Waals surface area contributed by atoms with Crippen LogP contribution in [0.3, 0.4) is 0 Å². The highest BCUT2D eigenvalue weighted by molar-refractivity contribution is 7.15. The van der Waals surface area contributed by atoms with Gasteiger partial charge >= 0.3 is 0 Å². The molecule has 29 heavy (non-hydrogen) atoms. The van der Waals surface area contributed by atoms with Gasteiger partial charge in [0.15, 0.2) is 0 Å². The van der Waals surface area contributed by atoms with Crippen molar-refractivity contribution in [2.24, 2.45) is 5.92 Å². The highest BCUT2D eigenvalue weighted by atomic mass is 32.1. The molecule has 2 heterocycles. The number of carbonyl (C=O) groups is 2. The Bertz CT molecular complexity index is 1010. The van der Waals surface area contributed by atoms with Crippen LogP contribution in [-0.2, 0) is 22.6 Å². The van der Waals surface area contributed by atoms with Crippen molar-refractivity contribution in [3.63, 3.8) is 0 Å². The van der Waals surface area contributed by atoms with Crippen molar-refractivity contribution in [3.8, 4) is 0 Å². The fraction of sp³-hybridized carbons (Fsp3) is 0.238. The molecule has 0 bridgehead atoms. The Morgan fingerprint density at radius 2 is 1.86 bits per heavy atom. The van der Waals surface area contributed by atoms with Crippen LogP contribution >= 0.6 is 11.3 Å². The summed E-state index contributed by atoms with van der Waals surface area (Å²) in [6, 6.07) is 15.9. The SMILES string of the molecule is O=C(Nc1nnc(Cc2ccccc2)s1)C1CC(=O)N(Cc2ccc(F)cc2)C1. The molecule has 1 fully saturated rings. The molecule has 8 heteroatoms. The minimum absolute atomic E-state index is 0.0866. The lowest BCUT2D eigenvalue weighted by Gasteiger charge is -2.16. The van der Waals surface area contributed by atoms with E-state index in [1.54, 1.807) is 17.0 Å². The second-order valence-electron chi connectivity index (χ2n) is 6.95. The van der Waals surface area contributed by atoms with E-state index in [-0.39, 0.29) is 24.1 Å². The van der Waals surface area contributed by atoms with Crippen LogP contribution in [0.15, 0.2) is 54.6 Å². The summed E-state index contributed by atoms with van der Waals surface area (Å²) >= 11 is 1.33. The van der Waals surface area contributed by atoms with Gasteiger partial charge in [0.1, 0.15) is 10.8 Å². The van der Waals surface area contributed by atoms with Crippen molar-refractivity contribution in [2.75, 3.05) is 11.9 Å². The van der Waals surface area contributed by atoms with Gasteiger partial charge in [-0.2, -0.15) is 0 Å². The molecular formula is C21H19FN4O2S. The summed E-state index contributed by atoms with van der Waals surface area (Å²) in [7, 11) is 0. The van der Waals surface area contributed by atoms with Crippen LogP contribution in [0, 0.1) is 11.7 Å². The number of rotatable bonds is 6. The lowest BCUT2D eigenvalue weighted by molar-refractivity contribution is -0.128. The number of carbonyl (C=O) groups excluding carboxylic acids is 2. The van der Waals surface area contributed by atoms with E-state index in [1.165, 1.54) is 23.5 Å². The van der Waals surface area contributed by atoms with Gasteiger partial charge in [-0.1, -0.05) is 53.8 Å². The number of amides is 2. The zero-order chi connectivity index (χ0) is 20.2. The lowest BCUT2D eigenvalue weighted by atomic mass is 10.1. The molecule has 1 aliphatic rings. The first-order chi connectivity index (χ1) is 14.1.